The Bertz CT molecular complexity index is 4120. The van der Waals surface area contributed by atoms with Gasteiger partial charge in [-0.3, -0.25) is 9.97 Å². The van der Waals surface area contributed by atoms with Crippen molar-refractivity contribution in [3.05, 3.63) is 234 Å². The Labute approximate surface area is 394 Å². The molecule has 6 heterocycles. The lowest BCUT2D eigenvalue weighted by Crippen LogP contribution is -2.34. The van der Waals surface area contributed by atoms with Crippen molar-refractivity contribution >= 4 is 72.4 Å². The molecule has 2 aliphatic heterocycles. The second-order valence-corrected chi connectivity index (χ2v) is 18.7. The molecule has 7 nitrogen and oxygen atoms in total. The van der Waals surface area contributed by atoms with Crippen molar-refractivity contribution in [1.29, 1.82) is 5.26 Å². The molecule has 0 amide bonds. The molecule has 316 valence electrons. The molecule has 3 aliphatic rings. The number of hydrogen-bond donors (Lipinski definition) is 0. The Morgan fingerprint density at radius 1 is 0.471 bits per heavy atom. The lowest BCUT2D eigenvalue weighted by molar-refractivity contribution is 0.436. The van der Waals surface area contributed by atoms with Crippen LogP contribution in [0.1, 0.15) is 27.8 Å². The van der Waals surface area contributed by atoms with Crippen molar-refractivity contribution in [3.8, 4) is 40.3 Å². The fourth-order valence-electron chi connectivity index (χ4n) is 11.6. The van der Waals surface area contributed by atoms with Crippen LogP contribution in [-0.4, -0.2) is 19.1 Å². The highest BCUT2D eigenvalue weighted by molar-refractivity contribution is 7.99. The summed E-state index contributed by atoms with van der Waals surface area (Å²) in [6.07, 6.45) is 3.86. The number of anilines is 3. The van der Waals surface area contributed by atoms with Crippen LogP contribution in [0.3, 0.4) is 0 Å². The summed E-state index contributed by atoms with van der Waals surface area (Å²) >= 11 is 1.80. The maximum Gasteiger partial charge on any atom is 0.134 e. The molecule has 0 fully saturated rings. The SMILES string of the molecule is N#Cc1ccc2c(c1)c1ccccc1n2-c1cnc2c(c1)C1(c3ccc(-n4c5ccccc5c5ccccc54)cc3Oc3cccc(N4c5ccccc5Sc5ccccc54)c31)c1cccnc1-2. The lowest BCUT2D eigenvalue weighted by atomic mass is 9.65. The Hall–Kier alpha value is -8.90. The third-order valence-corrected chi connectivity index (χ3v) is 15.4. The van der Waals surface area contributed by atoms with E-state index in [1.54, 1.807) is 11.8 Å². The van der Waals surface area contributed by atoms with Gasteiger partial charge in [-0.2, -0.15) is 5.26 Å². The topological polar surface area (TPSA) is 71.9 Å². The van der Waals surface area contributed by atoms with Crippen molar-refractivity contribution < 1.29 is 4.74 Å². The smallest absolute Gasteiger partial charge is 0.134 e. The highest BCUT2D eigenvalue weighted by Gasteiger charge is 2.55. The van der Waals surface area contributed by atoms with Crippen molar-refractivity contribution in [2.45, 2.75) is 15.2 Å². The monoisotopic (exact) mass is 886 g/mol. The molecule has 1 atom stereocenters. The zero-order valence-electron chi connectivity index (χ0n) is 36.1. The van der Waals surface area contributed by atoms with E-state index in [0.717, 1.165) is 106 Å². The summed E-state index contributed by atoms with van der Waals surface area (Å²) < 4.78 is 12.0. The number of pyridine rings is 2. The van der Waals surface area contributed by atoms with Gasteiger partial charge in [0.25, 0.3) is 0 Å². The van der Waals surface area contributed by atoms with Gasteiger partial charge in [-0.25, -0.2) is 0 Å². The van der Waals surface area contributed by atoms with Crippen LogP contribution in [0.15, 0.2) is 216 Å². The number of nitrogens with zero attached hydrogens (tertiary/aromatic N) is 6. The fourth-order valence-corrected chi connectivity index (χ4v) is 12.7. The Balaban J connectivity index is 1.06. The number of ether oxygens (including phenoxy) is 1. The first-order valence-corrected chi connectivity index (χ1v) is 23.5. The predicted octanol–water partition coefficient (Wildman–Crippen LogP) is 14.9. The third kappa shape index (κ3) is 4.87. The summed E-state index contributed by atoms with van der Waals surface area (Å²) in [5.74, 6) is 1.52. The second-order valence-electron chi connectivity index (χ2n) is 17.6. The fraction of sp³-hybridized carbons (Fsp3) is 0.0167. The standard InChI is InChI=1S/C60H34N6OS/c61-34-36-26-29-49-42(31-36)41-15-3-6-19-48(41)65(49)38-32-45-59(63-35-38)58-44(16-12-30-62-58)60(45)43-28-27-37(64-46-17-4-1-13-39(46)40-14-2-5-18-47(40)64)33-54(43)67-53-23-11-22-52(57(53)60)66-50-20-7-9-24-55(50)68-56-25-10-8-21-51(56)66/h1-33,35H. The highest BCUT2D eigenvalue weighted by atomic mass is 32.2. The van der Waals surface area contributed by atoms with Gasteiger partial charge in [0.15, 0.2) is 0 Å². The molecule has 4 aromatic heterocycles. The molecule has 1 unspecified atom stereocenters. The quantitative estimate of drug-likeness (QED) is 0.176. The normalized spacial score (nSPS) is 15.1. The first kappa shape index (κ1) is 37.3. The van der Waals surface area contributed by atoms with Crippen LogP contribution in [0.4, 0.5) is 17.1 Å². The Kier molecular flexibility index (Phi) is 7.58. The van der Waals surface area contributed by atoms with E-state index in [2.05, 4.69) is 202 Å². The molecule has 0 N–H and O–H groups in total. The van der Waals surface area contributed by atoms with Crippen LogP contribution in [0.2, 0.25) is 0 Å². The van der Waals surface area contributed by atoms with Crippen LogP contribution in [0.5, 0.6) is 11.5 Å². The molecule has 8 heteroatoms. The first-order valence-electron chi connectivity index (χ1n) is 22.7. The summed E-state index contributed by atoms with van der Waals surface area (Å²) in [6, 6.07) is 71.2. The molecule has 0 saturated heterocycles. The average molecular weight is 887 g/mol. The molecule has 15 rings (SSSR count). The van der Waals surface area contributed by atoms with Crippen LogP contribution < -0.4 is 9.64 Å². The van der Waals surface area contributed by atoms with Crippen LogP contribution in [0, 0.1) is 11.3 Å². The minimum atomic E-state index is -0.956. The molecule has 68 heavy (non-hydrogen) atoms. The predicted molar refractivity (Wildman–Crippen MR) is 272 cm³/mol. The van der Waals surface area contributed by atoms with Gasteiger partial charge in [0.2, 0.25) is 0 Å². The number of rotatable bonds is 3. The van der Waals surface area contributed by atoms with Gasteiger partial charge in [0.1, 0.15) is 11.5 Å². The van der Waals surface area contributed by atoms with E-state index in [9.17, 15) is 5.26 Å². The lowest BCUT2D eigenvalue weighted by Gasteiger charge is -2.43. The molecule has 0 bridgehead atoms. The molecule has 8 aromatic carbocycles. The van der Waals surface area contributed by atoms with Crippen molar-refractivity contribution in [2.24, 2.45) is 0 Å². The molecule has 1 spiro atoms. The van der Waals surface area contributed by atoms with Crippen LogP contribution >= 0.6 is 11.8 Å². The van der Waals surface area contributed by atoms with E-state index >= 15 is 0 Å². The number of benzene rings is 8. The number of nitriles is 1. The zero-order chi connectivity index (χ0) is 44.7. The third-order valence-electron chi connectivity index (χ3n) is 14.3. The highest BCUT2D eigenvalue weighted by Crippen LogP contribution is 2.65. The molecular weight excluding hydrogens is 853 g/mol. The first-order chi connectivity index (χ1) is 33.7. The van der Waals surface area contributed by atoms with Crippen molar-refractivity contribution in [2.75, 3.05) is 4.90 Å². The molecule has 0 radical (unpaired) electrons. The van der Waals surface area contributed by atoms with Gasteiger partial charge < -0.3 is 18.8 Å². The number of aromatic nitrogens is 4. The minimum Gasteiger partial charge on any atom is -0.457 e. The van der Waals surface area contributed by atoms with Crippen LogP contribution in [0.25, 0.3) is 66.4 Å². The van der Waals surface area contributed by atoms with Gasteiger partial charge in [-0.1, -0.05) is 109 Å². The van der Waals surface area contributed by atoms with Crippen LogP contribution in [-0.2, 0) is 5.41 Å². The number of para-hydroxylation sites is 5. The summed E-state index contributed by atoms with van der Waals surface area (Å²) in [6.45, 7) is 0. The molecule has 1 aliphatic carbocycles. The zero-order valence-corrected chi connectivity index (χ0v) is 36.9. The molecular formula is C60H34N6OS. The minimum absolute atomic E-state index is 0.621. The van der Waals surface area contributed by atoms with E-state index < -0.39 is 5.41 Å². The van der Waals surface area contributed by atoms with Gasteiger partial charge in [-0.05, 0) is 96.6 Å². The Morgan fingerprint density at radius 2 is 1.09 bits per heavy atom. The van der Waals surface area contributed by atoms with Gasteiger partial charge in [0, 0.05) is 66.0 Å². The van der Waals surface area contributed by atoms with Crippen molar-refractivity contribution in [3.63, 3.8) is 0 Å². The van der Waals surface area contributed by atoms with Gasteiger partial charge in [0.05, 0.1) is 79.4 Å². The summed E-state index contributed by atoms with van der Waals surface area (Å²) in [7, 11) is 0. The van der Waals surface area contributed by atoms with E-state index in [-0.39, 0.29) is 0 Å². The van der Waals surface area contributed by atoms with Gasteiger partial charge >= 0.3 is 0 Å². The van der Waals surface area contributed by atoms with E-state index in [0.29, 0.717) is 5.56 Å². The van der Waals surface area contributed by atoms with E-state index in [1.807, 2.05) is 24.5 Å². The summed E-state index contributed by atoms with van der Waals surface area (Å²) in [5.41, 5.74) is 14.8. The summed E-state index contributed by atoms with van der Waals surface area (Å²) in [4.78, 5) is 15.4. The van der Waals surface area contributed by atoms with Crippen molar-refractivity contribution in [1.82, 2.24) is 19.1 Å². The maximum absolute atomic E-state index is 9.99. The van der Waals surface area contributed by atoms with E-state index in [4.69, 9.17) is 14.7 Å². The molecule has 0 saturated carbocycles. The largest absolute Gasteiger partial charge is 0.457 e. The maximum atomic E-state index is 9.99. The van der Waals surface area contributed by atoms with E-state index in [1.165, 1.54) is 20.6 Å². The summed E-state index contributed by atoms with van der Waals surface area (Å²) in [5, 5.41) is 14.5. The Morgan fingerprint density at radius 3 is 1.81 bits per heavy atom. The number of hydrogen-bond acceptors (Lipinski definition) is 6. The van der Waals surface area contributed by atoms with Gasteiger partial charge in [-0.15, -0.1) is 0 Å². The second kappa shape index (κ2) is 13.8. The average Bonchev–Trinajstić information content (AvgIpc) is 4.01. The number of fused-ring (bicyclic) bond motifs is 17. The molecule has 12 aromatic rings.